The molecule has 1 atom stereocenters. The predicted octanol–water partition coefficient (Wildman–Crippen LogP) is 13.1. The van der Waals surface area contributed by atoms with Crippen LogP contribution in [0.1, 0.15) is 124 Å². The number of para-hydroxylation sites is 1. The maximum atomic E-state index is 13.5. The minimum atomic E-state index is -0.461. The summed E-state index contributed by atoms with van der Waals surface area (Å²) in [4.78, 5) is 91.2. The van der Waals surface area contributed by atoms with Gasteiger partial charge in [-0.05, 0) is 196 Å². The van der Waals surface area contributed by atoms with Gasteiger partial charge in [-0.2, -0.15) is 0 Å². The Bertz CT molecular complexity index is 4400. The smallest absolute Gasteiger partial charge is 0.317 e. The Hall–Kier alpha value is -9.34. The van der Waals surface area contributed by atoms with Crippen LogP contribution in [0.5, 0.6) is 0 Å². The van der Waals surface area contributed by atoms with Crippen LogP contribution in [0.25, 0.3) is 59.7 Å². The van der Waals surface area contributed by atoms with Gasteiger partial charge in [0.25, 0.3) is 0 Å². The number of amides is 3. The molecule has 4 aliphatic heterocycles. The van der Waals surface area contributed by atoms with E-state index < -0.39 is 11.9 Å². The molecule has 496 valence electrons. The fraction of sp³-hybridized carbons (Fsp3) is 0.382. The van der Waals surface area contributed by atoms with Crippen molar-refractivity contribution in [2.75, 3.05) is 86.1 Å². The van der Waals surface area contributed by atoms with E-state index in [1.165, 1.54) is 32.1 Å². The van der Waals surface area contributed by atoms with Crippen LogP contribution in [-0.2, 0) is 24.2 Å². The normalized spacial score (nSPS) is 15.8. The number of Topliss-reactive ketones (excluding diaryl/α,β-unsaturated/α-hetero) is 3. The maximum Gasteiger partial charge on any atom is 0.317 e. The first kappa shape index (κ1) is 68.1. The number of nitrogens with one attached hydrogen (secondary N) is 1. The number of pyridine rings is 2. The van der Waals surface area contributed by atoms with E-state index in [1.807, 2.05) is 110 Å². The number of nitrogens with zero attached hydrogens (tertiary/aromatic N) is 12. The van der Waals surface area contributed by atoms with Crippen molar-refractivity contribution in [3.63, 3.8) is 0 Å². The Balaban J connectivity index is 0.000000148. The van der Waals surface area contributed by atoms with Gasteiger partial charge in [0.15, 0.2) is 28.7 Å². The van der Waals surface area contributed by atoms with Gasteiger partial charge >= 0.3 is 6.03 Å². The van der Waals surface area contributed by atoms with Gasteiger partial charge in [-0.25, -0.2) is 14.5 Å². The molecule has 3 N–H and O–H groups in total. The quantitative estimate of drug-likeness (QED) is 0.0579. The predicted molar refractivity (Wildman–Crippen MR) is 380 cm³/mol. The summed E-state index contributed by atoms with van der Waals surface area (Å²) in [5.74, 6) is -0.0129. The first-order valence-electron chi connectivity index (χ1n) is 33.6. The number of carbonyl (C=O) groups is 5. The summed E-state index contributed by atoms with van der Waals surface area (Å²) in [6, 6.07) is 34.3. The third-order valence-electron chi connectivity index (χ3n) is 19.0. The number of halogens is 1. The second-order valence-corrected chi connectivity index (χ2v) is 26.2. The van der Waals surface area contributed by atoms with Crippen LogP contribution in [0.4, 0.5) is 16.2 Å². The Morgan fingerprint density at radius 2 is 1.02 bits per heavy atom. The Labute approximate surface area is 567 Å². The minimum absolute atomic E-state index is 0.0643. The Kier molecular flexibility index (Phi) is 22.0. The first-order valence-corrected chi connectivity index (χ1v) is 34.0. The number of hydrogen-bond acceptors (Lipinski definition) is 11. The molecular formula is C76H85ClN14O5. The molecule has 0 aliphatic carbocycles. The third kappa shape index (κ3) is 15.2. The number of urea groups is 1. The molecule has 9 heterocycles. The summed E-state index contributed by atoms with van der Waals surface area (Å²) in [6.07, 6.45) is 15.4. The molecule has 0 radical (unpaired) electrons. The second kappa shape index (κ2) is 31.0. The number of rotatable bonds is 19. The van der Waals surface area contributed by atoms with E-state index in [9.17, 15) is 24.0 Å². The molecule has 1 unspecified atom stereocenters. The number of carbonyl (C=O) groups excluding carboxylic acids is 5. The van der Waals surface area contributed by atoms with Crippen LogP contribution in [0, 0.1) is 27.0 Å². The molecule has 0 saturated carbocycles. The standard InChI is InChI=1S/C27H32N6O2.C26H28N6O2.C23H25ClN2O/c1-18-25(24(34)17-32-12-6-5-7-13-32)26-22(33(18)21-10-8-20(29-2)9-11-21)14-19(16-30-26)15-23(27(28)35)31(3)4;1-18-24(23(33)17-30-11-4-3-5-12-30)25-22(32(18)21-8-6-20(27-2)7-9-21)14-19(15-29-25)16-31-13-10-28-26(31)34;1-2-20-23(22(27)16-25-14-6-3-7-15-25)19-8-4-5-9-21(19)26(20)18-12-10-17(24)11-13-18/h8-11,14,16,23H,5-7,12-13,15,17H2,1,3-4H3,(H2,28,35);6-9,14-15H,3-5,10-13,16-17H2,1H3,(H,28,34);4-5,8-13H,2-3,6-7,14-16H2,1H3. The number of aromatic nitrogens is 5. The Morgan fingerprint density at radius 1 is 0.583 bits per heavy atom. The zero-order valence-corrected chi connectivity index (χ0v) is 56.5. The van der Waals surface area contributed by atoms with Crippen LogP contribution in [0.3, 0.4) is 0 Å². The summed E-state index contributed by atoms with van der Waals surface area (Å²) < 4.78 is 6.29. The van der Waals surface area contributed by atoms with Gasteiger partial charge in [0, 0.05) is 82.1 Å². The van der Waals surface area contributed by atoms with Crippen LogP contribution < -0.4 is 11.1 Å². The van der Waals surface area contributed by atoms with Crippen LogP contribution in [0.2, 0.25) is 5.02 Å². The fourth-order valence-electron chi connectivity index (χ4n) is 14.2. The highest BCUT2D eigenvalue weighted by atomic mass is 35.5. The van der Waals surface area contributed by atoms with Gasteiger partial charge in [-0.15, -0.1) is 0 Å². The average Bonchev–Trinajstić information content (AvgIpc) is 1.62. The molecule has 5 aromatic heterocycles. The SMILES string of the molecule is CCc1c(C(=O)CN2CCCCC2)c2ccccc2n1-c1ccc(Cl)cc1.[C-]#[N+]c1ccc(-n2c(C)c(C(=O)CN3CCCCC3)c3ncc(CC(C(N)=O)N(C)C)cc32)cc1.[C-]#[N+]c1ccc(-n2c(C)c(C(=O)CN3CCCCC3)c3ncc(CN4CCNC4=O)cc32)cc1. The monoisotopic (exact) mass is 1310 g/mol. The number of piperidine rings is 3. The average molecular weight is 1310 g/mol. The van der Waals surface area contributed by atoms with Gasteiger partial charge in [-0.1, -0.05) is 80.3 Å². The van der Waals surface area contributed by atoms with Crippen molar-refractivity contribution in [1.82, 2.24) is 53.5 Å². The molecule has 13 rings (SSSR count). The van der Waals surface area contributed by atoms with E-state index in [2.05, 4.69) is 53.3 Å². The summed E-state index contributed by atoms with van der Waals surface area (Å²) in [5, 5.41) is 4.59. The molecular weight excluding hydrogens is 1220 g/mol. The zero-order valence-electron chi connectivity index (χ0n) is 55.8. The lowest BCUT2D eigenvalue weighted by molar-refractivity contribution is -0.122. The van der Waals surface area contributed by atoms with Gasteiger partial charge in [0.1, 0.15) is 0 Å². The van der Waals surface area contributed by atoms with Crippen molar-refractivity contribution < 1.29 is 24.0 Å². The summed E-state index contributed by atoms with van der Waals surface area (Å²) in [6.45, 7) is 29.5. The zero-order chi connectivity index (χ0) is 67.6. The second-order valence-electron chi connectivity index (χ2n) is 25.8. The molecule has 96 heavy (non-hydrogen) atoms. The summed E-state index contributed by atoms with van der Waals surface area (Å²) in [5.41, 5.74) is 20.3. The van der Waals surface area contributed by atoms with Crippen molar-refractivity contribution >= 4 is 85.2 Å². The van der Waals surface area contributed by atoms with E-state index >= 15 is 0 Å². The van der Waals surface area contributed by atoms with Crippen LogP contribution >= 0.6 is 11.6 Å². The van der Waals surface area contributed by atoms with E-state index in [0.717, 1.165) is 149 Å². The summed E-state index contributed by atoms with van der Waals surface area (Å²) in [7, 11) is 3.65. The van der Waals surface area contributed by atoms with Gasteiger partial charge in [-0.3, -0.25) is 48.7 Å². The highest BCUT2D eigenvalue weighted by Gasteiger charge is 2.30. The maximum absolute atomic E-state index is 13.5. The van der Waals surface area contributed by atoms with Crippen LogP contribution in [0.15, 0.2) is 122 Å². The van der Waals surface area contributed by atoms with Crippen molar-refractivity contribution in [1.29, 1.82) is 0 Å². The minimum Gasteiger partial charge on any atom is -0.368 e. The summed E-state index contributed by atoms with van der Waals surface area (Å²) >= 11 is 6.09. The molecule has 4 fully saturated rings. The number of likely N-dealkylation sites (tertiary alicyclic amines) is 3. The molecule has 20 heteroatoms. The molecule has 9 aromatic rings. The lowest BCUT2D eigenvalue weighted by atomic mass is 10.0. The highest BCUT2D eigenvalue weighted by molar-refractivity contribution is 6.30. The molecule has 4 aliphatic rings. The van der Waals surface area contributed by atoms with Gasteiger partial charge < -0.3 is 29.7 Å². The number of fused-ring (bicyclic) bond motifs is 3. The van der Waals surface area contributed by atoms with E-state index in [1.54, 1.807) is 46.5 Å². The first-order chi connectivity index (χ1) is 46.5. The number of hydrogen-bond donors (Lipinski definition) is 2. The van der Waals surface area contributed by atoms with Crippen molar-refractivity contribution in [2.24, 2.45) is 5.73 Å². The largest absolute Gasteiger partial charge is 0.368 e. The number of nitrogens with two attached hydrogens (primary N) is 1. The van der Waals surface area contributed by atoms with E-state index in [4.69, 9.17) is 40.4 Å². The molecule has 19 nitrogen and oxygen atoms in total. The highest BCUT2D eigenvalue weighted by Crippen LogP contribution is 2.35. The van der Waals surface area contributed by atoms with Crippen molar-refractivity contribution in [3.05, 3.63) is 194 Å². The molecule has 0 bridgehead atoms. The lowest BCUT2D eigenvalue weighted by Gasteiger charge is -2.25. The molecule has 4 saturated heterocycles. The number of benzene rings is 4. The van der Waals surface area contributed by atoms with E-state index in [0.29, 0.717) is 79.2 Å². The molecule has 4 aromatic carbocycles. The van der Waals surface area contributed by atoms with Gasteiger partial charge in [0.05, 0.1) is 77.5 Å². The molecule has 0 spiro atoms. The Morgan fingerprint density at radius 3 is 1.46 bits per heavy atom. The third-order valence-corrected chi connectivity index (χ3v) is 19.3. The molecule has 3 amide bonds. The number of primary amides is 1. The number of ketones is 3. The van der Waals surface area contributed by atoms with Gasteiger partial charge in [0.2, 0.25) is 5.91 Å². The van der Waals surface area contributed by atoms with E-state index in [-0.39, 0.29) is 23.4 Å². The van der Waals surface area contributed by atoms with Crippen molar-refractivity contribution in [2.45, 2.75) is 104 Å². The van der Waals surface area contributed by atoms with Crippen LogP contribution in [-0.4, -0.2) is 170 Å². The van der Waals surface area contributed by atoms with Crippen molar-refractivity contribution in [3.8, 4) is 17.1 Å². The fourth-order valence-corrected chi connectivity index (χ4v) is 14.3. The topological polar surface area (TPSA) is 189 Å². The lowest BCUT2D eigenvalue weighted by Crippen LogP contribution is -2.42. The number of likely N-dealkylation sites (N-methyl/N-ethyl adjacent to an activating group) is 1.